The topological polar surface area (TPSA) is 44.0 Å². The zero-order valence-corrected chi connectivity index (χ0v) is 13.3. The Balaban J connectivity index is 1.36. The molecule has 3 heterocycles. The quantitative estimate of drug-likeness (QED) is 0.850. The number of benzene rings is 1. The van der Waals surface area contributed by atoms with Gasteiger partial charge in [0.2, 0.25) is 5.13 Å². The van der Waals surface area contributed by atoms with Gasteiger partial charge >= 0.3 is 0 Å². The van der Waals surface area contributed by atoms with Crippen molar-refractivity contribution in [2.45, 2.75) is 19.0 Å². The highest BCUT2D eigenvalue weighted by Crippen LogP contribution is 2.42. The third-order valence-electron chi connectivity index (χ3n) is 4.58. The summed E-state index contributed by atoms with van der Waals surface area (Å²) in [6.45, 7) is 3.43. The van der Waals surface area contributed by atoms with E-state index in [-0.39, 0.29) is 0 Å². The highest BCUT2D eigenvalue weighted by molar-refractivity contribution is 7.73. The molecule has 0 amide bonds. The van der Waals surface area contributed by atoms with E-state index in [1.807, 2.05) is 0 Å². The smallest absolute Gasteiger partial charge is 0.204 e. The summed E-state index contributed by atoms with van der Waals surface area (Å²) in [6.07, 6.45) is 1.35. The molecule has 1 saturated carbocycles. The Kier molecular flexibility index (Phi) is 3.52. The maximum absolute atomic E-state index is 5.09. The average molecular weight is 318 g/mol. The number of aromatic nitrogens is 2. The van der Waals surface area contributed by atoms with Gasteiger partial charge in [-0.25, -0.2) is 0 Å². The van der Waals surface area contributed by atoms with Crippen molar-refractivity contribution in [3.8, 4) is 0 Å². The minimum absolute atomic E-state index is 0.575. The molecule has 2 atom stereocenters. The van der Waals surface area contributed by atoms with Crippen molar-refractivity contribution in [1.29, 1.82) is 0 Å². The molecule has 3 fully saturated rings. The van der Waals surface area contributed by atoms with Crippen LogP contribution in [0, 0.1) is 15.8 Å². The van der Waals surface area contributed by atoms with Gasteiger partial charge in [0.1, 0.15) is 0 Å². The van der Waals surface area contributed by atoms with Crippen molar-refractivity contribution in [2.75, 3.05) is 18.4 Å². The van der Waals surface area contributed by atoms with Crippen molar-refractivity contribution in [3.63, 3.8) is 0 Å². The van der Waals surface area contributed by atoms with Gasteiger partial charge in [-0.2, -0.15) is 0 Å². The minimum atomic E-state index is 0.575. The number of hydrogen-bond acceptors (Lipinski definition) is 5. The molecule has 2 saturated heterocycles. The van der Waals surface area contributed by atoms with Gasteiger partial charge in [0, 0.05) is 25.7 Å². The number of hydrogen-bond donors (Lipinski definition) is 2. The molecule has 1 aliphatic carbocycles. The Bertz CT molecular complexity index is 654. The maximum Gasteiger partial charge on any atom is 0.204 e. The molecule has 0 spiro atoms. The molecule has 2 aromatic rings. The van der Waals surface area contributed by atoms with E-state index >= 15 is 0 Å². The van der Waals surface area contributed by atoms with Crippen LogP contribution in [0.5, 0.6) is 0 Å². The van der Waals surface area contributed by atoms with Gasteiger partial charge < -0.3 is 5.32 Å². The van der Waals surface area contributed by atoms with Crippen LogP contribution in [0.15, 0.2) is 30.3 Å². The molecule has 6 heteroatoms. The number of H-pyrrole nitrogens is 1. The number of piperidine rings is 2. The molecule has 2 unspecified atom stereocenters. The lowest BCUT2D eigenvalue weighted by molar-refractivity contribution is 0.00748. The summed E-state index contributed by atoms with van der Waals surface area (Å²) in [5.74, 6) is 1.48. The second kappa shape index (κ2) is 5.51. The molecule has 2 N–H and O–H groups in total. The summed E-state index contributed by atoms with van der Waals surface area (Å²) in [7, 11) is 0. The molecule has 21 heavy (non-hydrogen) atoms. The number of rotatable bonds is 4. The lowest BCUT2D eigenvalue weighted by atomic mass is 9.66. The molecule has 1 aromatic carbocycles. The summed E-state index contributed by atoms with van der Waals surface area (Å²) in [4.78, 5) is 2.58. The first kappa shape index (κ1) is 13.4. The van der Waals surface area contributed by atoms with Gasteiger partial charge in [-0.05, 0) is 36.0 Å². The minimum Gasteiger partial charge on any atom is -0.357 e. The van der Waals surface area contributed by atoms with Gasteiger partial charge in [-0.15, -0.1) is 5.10 Å². The Hall–Kier alpha value is -1.24. The van der Waals surface area contributed by atoms with Crippen LogP contribution in [0.3, 0.4) is 0 Å². The molecule has 2 bridgehead atoms. The predicted octanol–water partition coefficient (Wildman–Crippen LogP) is 3.13. The molecule has 1 aromatic heterocycles. The standard InChI is InChI=1S/C15H18N4S2/c20-15-18-17-14(21-15)16-13-11-6-12(13)9-19(8-11)7-10-4-2-1-3-5-10/h1-5,11-13H,6-9H2,(H,16,17)(H,18,20). The molecule has 2 aliphatic heterocycles. The zero-order chi connectivity index (χ0) is 14.2. The molecule has 110 valence electrons. The fourth-order valence-corrected chi connectivity index (χ4v) is 4.46. The Labute approximate surface area is 133 Å². The number of nitrogens with zero attached hydrogens (tertiary/aromatic N) is 2. The lowest BCUT2D eigenvalue weighted by Gasteiger charge is -2.53. The number of fused-ring (bicyclic) bond motifs is 2. The van der Waals surface area contributed by atoms with Crippen LogP contribution >= 0.6 is 23.6 Å². The zero-order valence-electron chi connectivity index (χ0n) is 11.7. The monoisotopic (exact) mass is 318 g/mol. The first-order valence-corrected chi connectivity index (χ1v) is 8.59. The van der Waals surface area contributed by atoms with Crippen LogP contribution in [0.25, 0.3) is 0 Å². The molecule has 3 aliphatic rings. The summed E-state index contributed by atoms with van der Waals surface area (Å²) in [5, 5.41) is 11.6. The Morgan fingerprint density at radius 1 is 1.29 bits per heavy atom. The molecule has 0 radical (unpaired) electrons. The van der Waals surface area contributed by atoms with Crippen LogP contribution in [0.1, 0.15) is 12.0 Å². The van der Waals surface area contributed by atoms with Crippen LogP contribution in [-0.2, 0) is 6.54 Å². The van der Waals surface area contributed by atoms with E-state index in [0.717, 1.165) is 27.5 Å². The van der Waals surface area contributed by atoms with Crippen molar-refractivity contribution >= 4 is 28.7 Å². The van der Waals surface area contributed by atoms with E-state index in [0.29, 0.717) is 6.04 Å². The summed E-state index contributed by atoms with van der Waals surface area (Å²) >= 11 is 6.62. The van der Waals surface area contributed by atoms with E-state index in [4.69, 9.17) is 12.2 Å². The molecular formula is C15H18N4S2. The van der Waals surface area contributed by atoms with Gasteiger partial charge in [-0.3, -0.25) is 10.00 Å². The normalized spacial score (nSPS) is 28.1. The largest absolute Gasteiger partial charge is 0.357 e. The second-order valence-corrected chi connectivity index (χ2v) is 7.69. The number of aromatic amines is 1. The highest BCUT2D eigenvalue weighted by atomic mass is 32.1. The number of anilines is 1. The van der Waals surface area contributed by atoms with Gasteiger partial charge in [0.25, 0.3) is 0 Å². The first-order chi connectivity index (χ1) is 10.3. The van der Waals surface area contributed by atoms with Gasteiger partial charge in [-0.1, -0.05) is 41.7 Å². The second-order valence-electron chi connectivity index (χ2n) is 6.02. The van der Waals surface area contributed by atoms with Crippen LogP contribution in [0.2, 0.25) is 0 Å². The molecular weight excluding hydrogens is 300 g/mol. The van der Waals surface area contributed by atoms with Crippen molar-refractivity contribution in [1.82, 2.24) is 15.1 Å². The van der Waals surface area contributed by atoms with E-state index in [1.54, 1.807) is 0 Å². The predicted molar refractivity (Wildman–Crippen MR) is 88.0 cm³/mol. The third kappa shape index (κ3) is 2.75. The molecule has 5 rings (SSSR count). The number of nitrogens with one attached hydrogen (secondary N) is 2. The van der Waals surface area contributed by atoms with Crippen molar-refractivity contribution < 1.29 is 0 Å². The first-order valence-electron chi connectivity index (χ1n) is 7.36. The van der Waals surface area contributed by atoms with Crippen molar-refractivity contribution in [2.24, 2.45) is 11.8 Å². The summed E-state index contributed by atoms with van der Waals surface area (Å²) in [6, 6.07) is 11.3. The van der Waals surface area contributed by atoms with E-state index < -0.39 is 0 Å². The Morgan fingerprint density at radius 3 is 2.71 bits per heavy atom. The Morgan fingerprint density at radius 2 is 2.05 bits per heavy atom. The summed E-state index contributed by atoms with van der Waals surface area (Å²) < 4.78 is 0.743. The van der Waals surface area contributed by atoms with Crippen LogP contribution < -0.4 is 5.32 Å². The fourth-order valence-electron chi connectivity index (χ4n) is 3.63. The maximum atomic E-state index is 5.09. The van der Waals surface area contributed by atoms with Crippen LogP contribution in [-0.4, -0.2) is 34.2 Å². The van der Waals surface area contributed by atoms with E-state index in [2.05, 4.69) is 50.7 Å². The lowest BCUT2D eigenvalue weighted by Crippen LogP contribution is -2.60. The van der Waals surface area contributed by atoms with E-state index in [9.17, 15) is 0 Å². The van der Waals surface area contributed by atoms with Crippen LogP contribution in [0.4, 0.5) is 5.13 Å². The fraction of sp³-hybridized carbons (Fsp3) is 0.467. The van der Waals surface area contributed by atoms with Gasteiger partial charge in [0.05, 0.1) is 0 Å². The van der Waals surface area contributed by atoms with Gasteiger partial charge in [0.15, 0.2) is 3.95 Å². The third-order valence-corrected chi connectivity index (χ3v) is 5.60. The average Bonchev–Trinajstić information content (AvgIpc) is 2.91. The van der Waals surface area contributed by atoms with Crippen molar-refractivity contribution in [3.05, 3.63) is 39.8 Å². The molecule has 4 nitrogen and oxygen atoms in total. The summed E-state index contributed by atoms with van der Waals surface area (Å²) in [5.41, 5.74) is 1.41. The highest BCUT2D eigenvalue weighted by Gasteiger charge is 2.46. The van der Waals surface area contributed by atoms with E-state index in [1.165, 1.54) is 36.4 Å². The SMILES string of the molecule is S=c1[nH]nc(NC2C3CC2CN(Cc2ccccc2)C3)s1.